The SMILES string of the molecule is COc1c(OC/C=C(\C)CCC=C(C)C)c(=O)oc2c(OC(C)=O)cccc12. The molecular weight excluding hydrogens is 360 g/mol. The molecule has 0 aliphatic rings. The van der Waals surface area contributed by atoms with Crippen molar-refractivity contribution in [2.24, 2.45) is 0 Å². The van der Waals surface area contributed by atoms with Gasteiger partial charge in [-0.3, -0.25) is 4.79 Å². The van der Waals surface area contributed by atoms with Crippen molar-refractivity contribution >= 4 is 16.9 Å². The van der Waals surface area contributed by atoms with Crippen molar-refractivity contribution < 1.29 is 23.4 Å². The van der Waals surface area contributed by atoms with E-state index in [1.807, 2.05) is 13.0 Å². The second kappa shape index (κ2) is 9.78. The third-order valence-corrected chi connectivity index (χ3v) is 4.02. The zero-order chi connectivity index (χ0) is 20.7. The van der Waals surface area contributed by atoms with Crippen LogP contribution in [-0.2, 0) is 4.79 Å². The number of ether oxygens (including phenoxy) is 3. The molecule has 0 radical (unpaired) electrons. The number of carbonyl (C=O) groups excluding carboxylic acids is 1. The molecule has 1 aromatic heterocycles. The van der Waals surface area contributed by atoms with Crippen molar-refractivity contribution in [3.63, 3.8) is 0 Å². The number of fused-ring (bicyclic) bond motifs is 1. The molecule has 6 heteroatoms. The van der Waals surface area contributed by atoms with Crippen molar-refractivity contribution in [2.75, 3.05) is 13.7 Å². The minimum Gasteiger partial charge on any atom is -0.492 e. The second-order valence-corrected chi connectivity index (χ2v) is 6.66. The molecule has 2 rings (SSSR count). The van der Waals surface area contributed by atoms with Gasteiger partial charge in [-0.1, -0.05) is 23.3 Å². The zero-order valence-corrected chi connectivity index (χ0v) is 17.0. The standard InChI is InChI=1S/C22H26O6/c1-14(2)8-6-9-15(3)12-13-26-21-20(25-5)17-10-7-11-18(27-16(4)23)19(17)28-22(21)24/h7-8,10-12H,6,9,13H2,1-5H3/b15-12+. The van der Waals surface area contributed by atoms with Gasteiger partial charge in [-0.05, 0) is 51.8 Å². The lowest BCUT2D eigenvalue weighted by molar-refractivity contribution is -0.131. The lowest BCUT2D eigenvalue weighted by Gasteiger charge is -2.12. The first-order valence-corrected chi connectivity index (χ1v) is 9.07. The molecule has 0 aliphatic heterocycles. The smallest absolute Gasteiger partial charge is 0.383 e. The Labute approximate surface area is 164 Å². The van der Waals surface area contributed by atoms with E-state index in [2.05, 4.69) is 19.9 Å². The van der Waals surface area contributed by atoms with Crippen molar-refractivity contribution in [1.29, 1.82) is 0 Å². The summed E-state index contributed by atoms with van der Waals surface area (Å²) in [5.41, 5.74) is 1.90. The second-order valence-electron chi connectivity index (χ2n) is 6.66. The minimum atomic E-state index is -0.695. The maximum absolute atomic E-state index is 12.4. The Morgan fingerprint density at radius 1 is 1.11 bits per heavy atom. The van der Waals surface area contributed by atoms with Gasteiger partial charge >= 0.3 is 11.6 Å². The van der Waals surface area contributed by atoms with E-state index in [1.54, 1.807) is 18.2 Å². The highest BCUT2D eigenvalue weighted by atomic mass is 16.5. The zero-order valence-electron chi connectivity index (χ0n) is 17.0. The summed E-state index contributed by atoms with van der Waals surface area (Å²) in [5.74, 6) is -0.121. The molecule has 0 N–H and O–H groups in total. The van der Waals surface area contributed by atoms with Gasteiger partial charge < -0.3 is 18.6 Å². The Morgan fingerprint density at radius 3 is 2.50 bits per heavy atom. The van der Waals surface area contributed by atoms with Gasteiger partial charge in [0.25, 0.3) is 0 Å². The average molecular weight is 386 g/mol. The first kappa shape index (κ1) is 21.3. The molecule has 0 spiro atoms. The Hall–Kier alpha value is -3.02. The summed E-state index contributed by atoms with van der Waals surface area (Å²) in [6, 6.07) is 4.93. The van der Waals surface area contributed by atoms with Crippen LogP contribution >= 0.6 is 0 Å². The van der Waals surface area contributed by atoms with Crippen LogP contribution in [0.15, 0.2) is 50.7 Å². The summed E-state index contributed by atoms with van der Waals surface area (Å²) in [4.78, 5) is 23.7. The maximum Gasteiger partial charge on any atom is 0.383 e. The van der Waals surface area contributed by atoms with E-state index in [-0.39, 0.29) is 29.4 Å². The summed E-state index contributed by atoms with van der Waals surface area (Å²) in [5, 5.41) is 0.486. The van der Waals surface area contributed by atoms with Crippen LogP contribution < -0.4 is 19.8 Å². The van der Waals surface area contributed by atoms with Crippen LogP contribution in [0.5, 0.6) is 17.2 Å². The molecule has 28 heavy (non-hydrogen) atoms. The van der Waals surface area contributed by atoms with Crippen LogP contribution in [-0.4, -0.2) is 19.7 Å². The minimum absolute atomic E-state index is 0.0108. The number of hydrogen-bond donors (Lipinski definition) is 0. The predicted octanol–water partition coefficient (Wildman–Crippen LogP) is 4.80. The van der Waals surface area contributed by atoms with Crippen LogP contribution in [0.4, 0.5) is 0 Å². The van der Waals surface area contributed by atoms with Crippen LogP contribution in [0.1, 0.15) is 40.5 Å². The van der Waals surface area contributed by atoms with Crippen LogP contribution in [0.2, 0.25) is 0 Å². The third-order valence-electron chi connectivity index (χ3n) is 4.02. The third kappa shape index (κ3) is 5.49. The van der Waals surface area contributed by atoms with Gasteiger partial charge in [0.1, 0.15) is 6.61 Å². The number of hydrogen-bond acceptors (Lipinski definition) is 6. The molecule has 150 valence electrons. The largest absolute Gasteiger partial charge is 0.492 e. The fraction of sp³-hybridized carbons (Fsp3) is 0.364. The van der Waals surface area contributed by atoms with Gasteiger partial charge in [-0.25, -0.2) is 4.79 Å². The lowest BCUT2D eigenvalue weighted by Crippen LogP contribution is -2.10. The van der Waals surface area contributed by atoms with E-state index in [9.17, 15) is 9.59 Å². The van der Waals surface area contributed by atoms with E-state index in [0.717, 1.165) is 12.8 Å². The van der Waals surface area contributed by atoms with E-state index in [4.69, 9.17) is 18.6 Å². The van der Waals surface area contributed by atoms with E-state index in [0.29, 0.717) is 5.39 Å². The van der Waals surface area contributed by atoms with Crippen LogP contribution in [0, 0.1) is 0 Å². The summed E-state index contributed by atoms with van der Waals surface area (Å²) in [7, 11) is 1.44. The topological polar surface area (TPSA) is 75.0 Å². The molecule has 0 bridgehead atoms. The molecule has 0 aliphatic carbocycles. The van der Waals surface area contributed by atoms with Crippen LogP contribution in [0.25, 0.3) is 11.0 Å². The first-order chi connectivity index (χ1) is 13.3. The highest BCUT2D eigenvalue weighted by Gasteiger charge is 2.19. The van der Waals surface area contributed by atoms with Gasteiger partial charge in [-0.2, -0.15) is 0 Å². The van der Waals surface area contributed by atoms with Gasteiger partial charge in [-0.15, -0.1) is 0 Å². The molecule has 6 nitrogen and oxygen atoms in total. The van der Waals surface area contributed by atoms with Gasteiger partial charge in [0, 0.05) is 6.92 Å². The molecule has 0 fully saturated rings. The Morgan fingerprint density at radius 2 is 1.86 bits per heavy atom. The summed E-state index contributed by atoms with van der Waals surface area (Å²) >= 11 is 0. The number of rotatable bonds is 8. The highest BCUT2D eigenvalue weighted by Crippen LogP contribution is 2.36. The van der Waals surface area contributed by atoms with E-state index < -0.39 is 11.6 Å². The molecule has 0 saturated heterocycles. The summed E-state index contributed by atoms with van der Waals surface area (Å²) in [6.07, 6.45) is 5.99. The summed E-state index contributed by atoms with van der Waals surface area (Å²) in [6.45, 7) is 7.66. The van der Waals surface area contributed by atoms with Crippen molar-refractivity contribution in [1.82, 2.24) is 0 Å². The number of benzene rings is 1. The number of esters is 1. The van der Waals surface area contributed by atoms with Gasteiger partial charge in [0.15, 0.2) is 17.1 Å². The maximum atomic E-state index is 12.4. The van der Waals surface area contributed by atoms with Crippen molar-refractivity contribution in [2.45, 2.75) is 40.5 Å². The number of allylic oxidation sites excluding steroid dienone is 3. The van der Waals surface area contributed by atoms with Crippen LogP contribution in [0.3, 0.4) is 0 Å². The fourth-order valence-corrected chi connectivity index (χ4v) is 2.67. The molecule has 0 saturated carbocycles. The number of carbonyl (C=O) groups is 1. The molecule has 0 unspecified atom stereocenters. The normalized spacial score (nSPS) is 11.2. The predicted molar refractivity (Wildman–Crippen MR) is 108 cm³/mol. The Balaban J connectivity index is 2.28. The average Bonchev–Trinajstić information content (AvgIpc) is 2.62. The number of para-hydroxylation sites is 1. The Bertz CT molecular complexity index is 961. The van der Waals surface area contributed by atoms with Crippen molar-refractivity contribution in [3.05, 3.63) is 51.9 Å². The van der Waals surface area contributed by atoms with E-state index in [1.165, 1.54) is 25.2 Å². The van der Waals surface area contributed by atoms with Gasteiger partial charge in [0.05, 0.1) is 12.5 Å². The molecular formula is C22H26O6. The summed E-state index contributed by atoms with van der Waals surface area (Å²) < 4.78 is 21.5. The quantitative estimate of drug-likeness (QED) is 0.281. The molecule has 1 heterocycles. The fourth-order valence-electron chi connectivity index (χ4n) is 2.67. The van der Waals surface area contributed by atoms with E-state index >= 15 is 0 Å². The molecule has 1 aromatic carbocycles. The highest BCUT2D eigenvalue weighted by molar-refractivity contribution is 5.91. The van der Waals surface area contributed by atoms with Crippen molar-refractivity contribution in [3.8, 4) is 17.2 Å². The Kier molecular flexibility index (Phi) is 7.44. The van der Waals surface area contributed by atoms with Gasteiger partial charge in [0.2, 0.25) is 5.75 Å². The first-order valence-electron chi connectivity index (χ1n) is 9.07. The molecule has 2 aromatic rings. The lowest BCUT2D eigenvalue weighted by atomic mass is 10.1. The molecule has 0 amide bonds. The monoisotopic (exact) mass is 386 g/mol. The number of methoxy groups -OCH3 is 1. The molecule has 0 atom stereocenters.